The molecule has 0 saturated carbocycles. The molecule has 1 N–H and O–H groups in total. The Hall–Kier alpha value is -3.67. The van der Waals surface area contributed by atoms with Crippen LogP contribution >= 0.6 is 0 Å². The molecule has 0 fully saturated rings. The zero-order valence-corrected chi connectivity index (χ0v) is 17.1. The van der Waals surface area contributed by atoms with Crippen LogP contribution in [0.4, 0.5) is 0 Å². The summed E-state index contributed by atoms with van der Waals surface area (Å²) >= 11 is 0. The highest BCUT2D eigenvalue weighted by atomic mass is 16.5. The van der Waals surface area contributed by atoms with E-state index in [9.17, 15) is 4.79 Å². The smallest absolute Gasteiger partial charge is 0.287 e. The zero-order chi connectivity index (χ0) is 21.3. The van der Waals surface area contributed by atoms with Crippen molar-refractivity contribution >= 4 is 12.0 Å². The van der Waals surface area contributed by atoms with Gasteiger partial charge in [0.05, 0.1) is 26.5 Å². The molecule has 0 saturated heterocycles. The summed E-state index contributed by atoms with van der Waals surface area (Å²) < 4.78 is 21.7. The summed E-state index contributed by atoms with van der Waals surface area (Å²) in [5, 5.41) is 2.94. The fourth-order valence-corrected chi connectivity index (χ4v) is 3.00. The van der Waals surface area contributed by atoms with E-state index < -0.39 is 0 Å². The summed E-state index contributed by atoms with van der Waals surface area (Å²) in [4.78, 5) is 12.6. The van der Waals surface area contributed by atoms with E-state index in [1.54, 1.807) is 38.7 Å². The monoisotopic (exact) mass is 407 g/mol. The molecule has 2 heterocycles. The van der Waals surface area contributed by atoms with Crippen LogP contribution in [0.1, 0.15) is 34.1 Å². The number of rotatable bonds is 10. The van der Waals surface area contributed by atoms with E-state index in [0.29, 0.717) is 24.4 Å². The van der Waals surface area contributed by atoms with Crippen LogP contribution < -0.4 is 14.8 Å². The molecule has 1 amide bonds. The lowest BCUT2D eigenvalue weighted by Crippen LogP contribution is -2.32. The van der Waals surface area contributed by atoms with E-state index in [1.165, 1.54) is 0 Å². The molecule has 6 heteroatoms. The maximum absolute atomic E-state index is 12.6. The molecule has 1 unspecified atom stereocenters. The number of carbonyl (C=O) groups is 1. The fourth-order valence-electron chi connectivity index (χ4n) is 3.00. The van der Waals surface area contributed by atoms with Crippen LogP contribution in [-0.2, 0) is 6.42 Å². The predicted molar refractivity (Wildman–Crippen MR) is 115 cm³/mol. The first-order valence-corrected chi connectivity index (χ1v) is 9.56. The molecule has 0 radical (unpaired) electrons. The Balaban J connectivity index is 1.68. The van der Waals surface area contributed by atoms with Crippen molar-refractivity contribution in [3.8, 4) is 11.5 Å². The minimum Gasteiger partial charge on any atom is -0.497 e. The van der Waals surface area contributed by atoms with Crippen molar-refractivity contribution in [1.82, 2.24) is 5.32 Å². The maximum Gasteiger partial charge on any atom is 0.287 e. The van der Waals surface area contributed by atoms with Crippen molar-refractivity contribution < 1.29 is 23.1 Å². The van der Waals surface area contributed by atoms with Crippen molar-refractivity contribution in [2.75, 3.05) is 14.2 Å². The lowest BCUT2D eigenvalue weighted by molar-refractivity contribution is 0.0915. The van der Waals surface area contributed by atoms with Crippen molar-refractivity contribution in [2.45, 2.75) is 18.9 Å². The molecule has 6 nitrogen and oxygen atoms in total. The Morgan fingerprint density at radius 3 is 2.77 bits per heavy atom. The number of methoxy groups -OCH3 is 2. The minimum absolute atomic E-state index is 0.230. The van der Waals surface area contributed by atoms with Crippen molar-refractivity contribution in [3.63, 3.8) is 0 Å². The Labute approximate surface area is 175 Å². The number of ether oxygens (including phenoxy) is 2. The van der Waals surface area contributed by atoms with Crippen LogP contribution in [-0.4, -0.2) is 26.2 Å². The summed E-state index contributed by atoms with van der Waals surface area (Å²) in [6.45, 7) is 3.75. The normalized spacial score (nSPS) is 11.9. The molecular weight excluding hydrogens is 382 g/mol. The molecule has 0 aliphatic carbocycles. The largest absolute Gasteiger partial charge is 0.497 e. The number of nitrogens with one attached hydrogen (secondary N) is 1. The molecule has 0 aliphatic rings. The Morgan fingerprint density at radius 2 is 2.07 bits per heavy atom. The van der Waals surface area contributed by atoms with E-state index in [1.807, 2.05) is 42.5 Å². The summed E-state index contributed by atoms with van der Waals surface area (Å²) in [7, 11) is 3.23. The Bertz CT molecular complexity index is 1000. The van der Waals surface area contributed by atoms with E-state index in [2.05, 4.69) is 11.9 Å². The number of hydrogen-bond donors (Lipinski definition) is 1. The van der Waals surface area contributed by atoms with Gasteiger partial charge in [-0.1, -0.05) is 12.2 Å². The highest BCUT2D eigenvalue weighted by Gasteiger charge is 2.16. The first-order valence-electron chi connectivity index (χ1n) is 9.56. The predicted octanol–water partition coefficient (Wildman–Crippen LogP) is 4.87. The van der Waals surface area contributed by atoms with Gasteiger partial charge in [0.25, 0.3) is 5.91 Å². The number of carbonyl (C=O) groups excluding carboxylic acids is 1. The highest BCUT2D eigenvalue weighted by molar-refractivity contribution is 5.91. The van der Waals surface area contributed by atoms with Gasteiger partial charge < -0.3 is 23.6 Å². The van der Waals surface area contributed by atoms with E-state index in [-0.39, 0.29) is 17.7 Å². The zero-order valence-electron chi connectivity index (χ0n) is 17.1. The summed E-state index contributed by atoms with van der Waals surface area (Å²) in [6, 6.07) is 12.4. The quantitative estimate of drug-likeness (QED) is 0.486. The van der Waals surface area contributed by atoms with Crippen LogP contribution in [0, 0.1) is 0 Å². The number of benzene rings is 1. The SMILES string of the molecule is C=CCC(C=Cc1ccco1)NC(=O)c1ccc(Cc2cc(OC)ccc2OC)o1. The van der Waals surface area contributed by atoms with Gasteiger partial charge >= 0.3 is 0 Å². The molecule has 3 rings (SSSR count). The summed E-state index contributed by atoms with van der Waals surface area (Å²) in [5.74, 6) is 2.77. The standard InChI is InChI=1S/C24H25NO5/c1-4-6-18(8-9-19-7-5-14-29-19)25-24(26)23-13-11-21(30-23)16-17-15-20(27-2)10-12-22(17)28-3/h4-5,7-15,18H,1,6,16H2,2-3H3,(H,25,26). The lowest BCUT2D eigenvalue weighted by atomic mass is 10.1. The van der Waals surface area contributed by atoms with Crippen LogP contribution in [0.5, 0.6) is 11.5 Å². The van der Waals surface area contributed by atoms with Crippen molar-refractivity contribution in [2.24, 2.45) is 0 Å². The molecule has 0 spiro atoms. The van der Waals surface area contributed by atoms with Crippen molar-refractivity contribution in [1.29, 1.82) is 0 Å². The number of furan rings is 2. The number of amides is 1. The molecular formula is C24H25NO5. The molecule has 3 aromatic rings. The molecule has 1 aromatic carbocycles. The van der Waals surface area contributed by atoms with E-state index in [0.717, 1.165) is 17.1 Å². The van der Waals surface area contributed by atoms with Gasteiger partial charge in [-0.25, -0.2) is 0 Å². The lowest BCUT2D eigenvalue weighted by Gasteiger charge is -2.12. The van der Waals surface area contributed by atoms with Crippen molar-refractivity contribution in [3.05, 3.63) is 90.3 Å². The third-order valence-corrected chi connectivity index (χ3v) is 4.51. The van der Waals surface area contributed by atoms with Crippen LogP contribution in [0.15, 0.2) is 76.3 Å². The third-order valence-electron chi connectivity index (χ3n) is 4.51. The minimum atomic E-state index is -0.296. The average Bonchev–Trinajstić information content (AvgIpc) is 3.44. The van der Waals surface area contributed by atoms with Gasteiger partial charge in [-0.05, 0) is 55.0 Å². The molecule has 0 aliphatic heterocycles. The molecule has 156 valence electrons. The van der Waals surface area contributed by atoms with Gasteiger partial charge in [-0.2, -0.15) is 0 Å². The van der Waals surface area contributed by atoms with E-state index in [4.69, 9.17) is 18.3 Å². The first kappa shape index (κ1) is 21.0. The van der Waals surface area contributed by atoms with Crippen LogP contribution in [0.25, 0.3) is 6.08 Å². The van der Waals surface area contributed by atoms with Gasteiger partial charge in [0.2, 0.25) is 0 Å². The second-order valence-electron chi connectivity index (χ2n) is 6.60. The Kier molecular flexibility index (Phi) is 7.16. The second kappa shape index (κ2) is 10.2. The fraction of sp³-hybridized carbons (Fsp3) is 0.208. The highest BCUT2D eigenvalue weighted by Crippen LogP contribution is 2.27. The van der Waals surface area contributed by atoms with Gasteiger partial charge in [-0.15, -0.1) is 6.58 Å². The van der Waals surface area contributed by atoms with Crippen LogP contribution in [0.2, 0.25) is 0 Å². The first-order chi connectivity index (χ1) is 14.6. The maximum atomic E-state index is 12.6. The number of hydrogen-bond acceptors (Lipinski definition) is 5. The van der Waals surface area contributed by atoms with Gasteiger partial charge in [0.1, 0.15) is 23.0 Å². The van der Waals surface area contributed by atoms with Gasteiger partial charge in [0, 0.05) is 12.0 Å². The molecule has 30 heavy (non-hydrogen) atoms. The van der Waals surface area contributed by atoms with E-state index >= 15 is 0 Å². The molecule has 2 aromatic heterocycles. The topological polar surface area (TPSA) is 73.8 Å². The van der Waals surface area contributed by atoms with Gasteiger partial charge in [0.15, 0.2) is 5.76 Å². The second-order valence-corrected chi connectivity index (χ2v) is 6.60. The van der Waals surface area contributed by atoms with Gasteiger partial charge in [-0.3, -0.25) is 4.79 Å². The molecule has 0 bridgehead atoms. The Morgan fingerprint density at radius 1 is 1.20 bits per heavy atom. The molecule has 1 atom stereocenters. The third kappa shape index (κ3) is 5.44. The average molecular weight is 407 g/mol. The summed E-state index contributed by atoms with van der Waals surface area (Å²) in [6.07, 6.45) is 8.09. The summed E-state index contributed by atoms with van der Waals surface area (Å²) in [5.41, 5.74) is 0.907. The van der Waals surface area contributed by atoms with Crippen LogP contribution in [0.3, 0.4) is 0 Å².